The van der Waals surface area contributed by atoms with Crippen molar-refractivity contribution >= 4 is 41.9 Å². The Kier molecular flexibility index (Phi) is 8.75. The number of aromatic nitrogens is 4. The van der Waals surface area contributed by atoms with Crippen molar-refractivity contribution in [3.8, 4) is 11.3 Å². The second kappa shape index (κ2) is 12.2. The van der Waals surface area contributed by atoms with Gasteiger partial charge < -0.3 is 20.4 Å². The lowest BCUT2D eigenvalue weighted by Crippen LogP contribution is -2.44. The number of rotatable bonds is 7. The number of fused-ring (bicyclic) bond motifs is 1. The lowest BCUT2D eigenvalue weighted by atomic mass is 9.96. The lowest BCUT2D eigenvalue weighted by Gasteiger charge is -2.33. The van der Waals surface area contributed by atoms with Gasteiger partial charge in [-0.05, 0) is 30.8 Å². The molecule has 0 saturated carbocycles. The van der Waals surface area contributed by atoms with Crippen LogP contribution in [0.4, 0.5) is 11.6 Å². The van der Waals surface area contributed by atoms with Crippen LogP contribution in [0.5, 0.6) is 0 Å². The Morgan fingerprint density at radius 1 is 1.03 bits per heavy atom. The van der Waals surface area contributed by atoms with Gasteiger partial charge in [-0.2, -0.15) is 13.5 Å². The molecule has 38 heavy (non-hydrogen) atoms. The van der Waals surface area contributed by atoms with Crippen molar-refractivity contribution < 1.29 is 4.79 Å². The topological polar surface area (TPSA) is 99.2 Å². The summed E-state index contributed by atoms with van der Waals surface area (Å²) in [6, 6.07) is 13.8. The van der Waals surface area contributed by atoms with E-state index < -0.39 is 0 Å². The van der Waals surface area contributed by atoms with Crippen molar-refractivity contribution in [1.29, 1.82) is 0 Å². The van der Waals surface area contributed by atoms with Gasteiger partial charge in [-0.3, -0.25) is 9.78 Å². The van der Waals surface area contributed by atoms with Crippen LogP contribution >= 0.6 is 13.5 Å². The highest BCUT2D eigenvalue weighted by molar-refractivity contribution is 7.59. The molecule has 0 radical (unpaired) electrons. The van der Waals surface area contributed by atoms with Crippen LogP contribution in [0.15, 0.2) is 61.2 Å². The van der Waals surface area contributed by atoms with Crippen LogP contribution in [-0.2, 0) is 0 Å². The maximum absolute atomic E-state index is 12.3. The second-order valence-electron chi connectivity index (χ2n) is 9.45. The number of para-hydroxylation sites is 1. The molecule has 5 rings (SSSR count). The molecule has 1 aliphatic heterocycles. The third-order valence-corrected chi connectivity index (χ3v) is 6.93. The number of likely N-dealkylation sites (N-methyl/N-ethyl adjacent to an activating group) is 1. The molecular weight excluding hydrogens is 496 g/mol. The summed E-state index contributed by atoms with van der Waals surface area (Å²) < 4.78 is 0. The summed E-state index contributed by atoms with van der Waals surface area (Å²) in [6.45, 7) is 6.87. The summed E-state index contributed by atoms with van der Waals surface area (Å²) in [6.07, 6.45) is 5.15. The molecule has 1 amide bonds. The number of carbonyl (C=O) groups is 1. The molecule has 3 aromatic heterocycles. The van der Waals surface area contributed by atoms with Crippen molar-refractivity contribution in [3.63, 3.8) is 0 Å². The quantitative estimate of drug-likeness (QED) is 0.375. The van der Waals surface area contributed by atoms with Crippen LogP contribution in [0.1, 0.15) is 28.8 Å². The lowest BCUT2D eigenvalue weighted by molar-refractivity contribution is 0.0964. The Balaban J connectivity index is 0.00000336. The van der Waals surface area contributed by atoms with Crippen LogP contribution in [0.2, 0.25) is 0 Å². The molecule has 0 aliphatic carbocycles. The summed E-state index contributed by atoms with van der Waals surface area (Å²) >= 11 is 0. The fourth-order valence-electron chi connectivity index (χ4n) is 4.67. The minimum absolute atomic E-state index is 0. The molecule has 1 aromatic carbocycles. The third kappa shape index (κ3) is 5.87. The highest BCUT2D eigenvalue weighted by Gasteiger charge is 2.17. The van der Waals surface area contributed by atoms with Gasteiger partial charge in [0.05, 0.1) is 16.8 Å². The Labute approximate surface area is 230 Å². The van der Waals surface area contributed by atoms with Gasteiger partial charge in [-0.25, -0.2) is 15.0 Å². The third-order valence-electron chi connectivity index (χ3n) is 6.93. The van der Waals surface area contributed by atoms with E-state index in [1.165, 1.54) is 0 Å². The molecule has 4 heterocycles. The fraction of sp³-hybridized carbons (Fsp3) is 0.321. The summed E-state index contributed by atoms with van der Waals surface area (Å²) in [5.41, 5.74) is 4.32. The number of nitrogens with one attached hydrogen (secondary N) is 2. The van der Waals surface area contributed by atoms with E-state index >= 15 is 0 Å². The average molecular weight is 531 g/mol. The highest BCUT2D eigenvalue weighted by Crippen LogP contribution is 2.27. The number of hydrogen-bond acceptors (Lipinski definition) is 8. The van der Waals surface area contributed by atoms with E-state index in [1.54, 1.807) is 25.6 Å². The van der Waals surface area contributed by atoms with E-state index in [2.05, 4.69) is 67.6 Å². The number of pyridine rings is 2. The minimum atomic E-state index is -0.116. The Morgan fingerprint density at radius 3 is 2.58 bits per heavy atom. The first-order chi connectivity index (χ1) is 18.0. The molecule has 2 N–H and O–H groups in total. The van der Waals surface area contributed by atoms with E-state index in [-0.39, 0.29) is 25.3 Å². The zero-order valence-electron chi connectivity index (χ0n) is 22.0. The van der Waals surface area contributed by atoms with Crippen molar-refractivity contribution in [2.45, 2.75) is 12.8 Å². The monoisotopic (exact) mass is 530 g/mol. The van der Waals surface area contributed by atoms with E-state index in [4.69, 9.17) is 4.98 Å². The molecule has 1 aliphatic rings. The number of hydrogen-bond donors (Lipinski definition) is 2. The molecule has 9 nitrogen and oxygen atoms in total. The van der Waals surface area contributed by atoms with Gasteiger partial charge in [0.2, 0.25) is 0 Å². The van der Waals surface area contributed by atoms with Crippen molar-refractivity contribution in [3.05, 3.63) is 72.3 Å². The summed E-state index contributed by atoms with van der Waals surface area (Å²) in [5, 5.41) is 7.00. The number of anilines is 2. The van der Waals surface area contributed by atoms with Gasteiger partial charge in [0.25, 0.3) is 5.91 Å². The molecule has 0 bridgehead atoms. The zero-order chi connectivity index (χ0) is 25.8. The number of amides is 1. The Hall–Kier alpha value is -3.76. The van der Waals surface area contributed by atoms with E-state index in [9.17, 15) is 4.79 Å². The number of benzene rings is 1. The van der Waals surface area contributed by atoms with Crippen LogP contribution in [0, 0.1) is 0 Å². The highest BCUT2D eigenvalue weighted by atomic mass is 32.1. The standard InChI is InChI=1S/C28H32N8O.H2S/c1-19(21-5-4-6-22-23(28(37)29-2)9-10-30-27(21)22)16-31-25-15-24(33-18-34-25)20-7-8-26(32-17-20)36-13-11-35(3)12-14-36;/h4-10,15,17-19H,11-14,16H2,1-3H3,(H,29,37)(H,31,33,34);1H2/t19-;/m1./s1. The molecule has 198 valence electrons. The zero-order valence-corrected chi connectivity index (χ0v) is 23.0. The van der Waals surface area contributed by atoms with Crippen molar-refractivity contribution in [2.24, 2.45) is 0 Å². The summed E-state index contributed by atoms with van der Waals surface area (Å²) in [5.74, 6) is 1.77. The molecule has 10 heteroatoms. The average Bonchev–Trinajstić information content (AvgIpc) is 2.95. The van der Waals surface area contributed by atoms with Crippen molar-refractivity contribution in [2.75, 3.05) is 57.0 Å². The van der Waals surface area contributed by atoms with Gasteiger partial charge in [0, 0.05) is 75.1 Å². The first-order valence-electron chi connectivity index (χ1n) is 12.6. The van der Waals surface area contributed by atoms with Crippen LogP contribution in [0.3, 0.4) is 0 Å². The fourth-order valence-corrected chi connectivity index (χ4v) is 4.67. The smallest absolute Gasteiger partial charge is 0.251 e. The SMILES string of the molecule is CNC(=O)c1ccnc2c([C@H](C)CNc3cc(-c4ccc(N5CCN(C)CC5)nc4)ncn3)cccc12.S. The predicted octanol–water partition coefficient (Wildman–Crippen LogP) is 3.53. The van der Waals surface area contributed by atoms with Crippen LogP contribution in [-0.4, -0.2) is 77.6 Å². The number of nitrogens with zero attached hydrogens (tertiary/aromatic N) is 6. The largest absolute Gasteiger partial charge is 0.369 e. The van der Waals surface area contributed by atoms with Gasteiger partial charge in [-0.1, -0.05) is 25.1 Å². The second-order valence-corrected chi connectivity index (χ2v) is 9.45. The summed E-state index contributed by atoms with van der Waals surface area (Å²) in [7, 11) is 3.79. The minimum Gasteiger partial charge on any atom is -0.369 e. The summed E-state index contributed by atoms with van der Waals surface area (Å²) in [4.78, 5) is 35.1. The molecule has 0 spiro atoms. The number of piperazine rings is 1. The maximum atomic E-state index is 12.3. The number of carbonyl (C=O) groups excluding carboxylic acids is 1. The molecule has 0 unspecified atom stereocenters. The first-order valence-corrected chi connectivity index (χ1v) is 12.6. The van der Waals surface area contributed by atoms with Gasteiger partial charge in [0.15, 0.2) is 0 Å². The maximum Gasteiger partial charge on any atom is 0.251 e. The normalized spacial score (nSPS) is 14.6. The Morgan fingerprint density at radius 2 is 1.84 bits per heavy atom. The van der Waals surface area contributed by atoms with Crippen LogP contribution in [0.25, 0.3) is 22.2 Å². The van der Waals surface area contributed by atoms with E-state index in [0.29, 0.717) is 12.1 Å². The van der Waals surface area contributed by atoms with E-state index in [0.717, 1.165) is 65.5 Å². The molecule has 1 saturated heterocycles. The molecule has 1 fully saturated rings. The van der Waals surface area contributed by atoms with Gasteiger partial charge in [-0.15, -0.1) is 0 Å². The van der Waals surface area contributed by atoms with E-state index in [1.807, 2.05) is 24.4 Å². The van der Waals surface area contributed by atoms with Crippen molar-refractivity contribution in [1.82, 2.24) is 30.2 Å². The molecular formula is C28H34N8OS. The van der Waals surface area contributed by atoms with Crippen LogP contribution < -0.4 is 15.5 Å². The Bertz CT molecular complexity index is 1390. The van der Waals surface area contributed by atoms with Gasteiger partial charge in [0.1, 0.15) is 18.0 Å². The predicted molar refractivity (Wildman–Crippen MR) is 157 cm³/mol. The molecule has 4 aromatic rings. The molecule has 1 atom stereocenters. The first kappa shape index (κ1) is 27.3. The van der Waals surface area contributed by atoms with Gasteiger partial charge >= 0.3 is 0 Å².